The molecule has 4 nitrogen and oxygen atoms in total. The van der Waals surface area contributed by atoms with Crippen molar-refractivity contribution in [3.63, 3.8) is 0 Å². The van der Waals surface area contributed by atoms with Crippen LogP contribution in [0.5, 0.6) is 5.75 Å². The minimum Gasteiger partial charge on any atom is -0.508 e. The molecule has 0 saturated carbocycles. The van der Waals surface area contributed by atoms with Gasteiger partial charge >= 0.3 is 0 Å². The smallest absolute Gasteiger partial charge is 0.234 e. The molecule has 4 N–H and O–H groups in total. The third kappa shape index (κ3) is 3.68. The van der Waals surface area contributed by atoms with Gasteiger partial charge in [0.2, 0.25) is 5.91 Å². The zero-order chi connectivity index (χ0) is 10.4. The lowest BCUT2D eigenvalue weighted by atomic mass is 10.3. The summed E-state index contributed by atoms with van der Waals surface area (Å²) in [4.78, 5) is 11.7. The summed E-state index contributed by atoms with van der Waals surface area (Å²) < 4.78 is 0. The Hall–Kier alpha value is -1.20. The van der Waals surface area contributed by atoms with E-state index in [0.717, 1.165) is 4.90 Å². The second kappa shape index (κ2) is 5.51. The second-order valence-corrected chi connectivity index (χ2v) is 3.83. The molecule has 0 bridgehead atoms. The Morgan fingerprint density at radius 3 is 3.00 bits per heavy atom. The topological polar surface area (TPSA) is 75.3 Å². The van der Waals surface area contributed by atoms with E-state index in [9.17, 15) is 4.79 Å². The number of amides is 1. The fraction of sp³-hybridized carbons (Fsp3) is 0.222. The van der Waals surface area contributed by atoms with Crippen molar-refractivity contribution < 1.29 is 9.90 Å². The van der Waals surface area contributed by atoms with E-state index in [4.69, 9.17) is 10.9 Å². The van der Waals surface area contributed by atoms with Gasteiger partial charge in [-0.1, -0.05) is 6.07 Å². The minimum atomic E-state index is -0.183. The van der Waals surface area contributed by atoms with Gasteiger partial charge in [-0.25, -0.2) is 5.84 Å². The van der Waals surface area contributed by atoms with Gasteiger partial charge in [-0.15, -0.1) is 11.8 Å². The molecular weight excluding hydrogens is 200 g/mol. The molecule has 0 aliphatic carbocycles. The van der Waals surface area contributed by atoms with Crippen LogP contribution in [0.2, 0.25) is 0 Å². The summed E-state index contributed by atoms with van der Waals surface area (Å²) in [5, 5.41) is 9.16. The Morgan fingerprint density at radius 1 is 1.57 bits per heavy atom. The predicted molar refractivity (Wildman–Crippen MR) is 55.8 cm³/mol. The average Bonchev–Trinajstić information content (AvgIpc) is 2.17. The molecule has 0 saturated heterocycles. The largest absolute Gasteiger partial charge is 0.508 e. The van der Waals surface area contributed by atoms with Crippen LogP contribution in [0.15, 0.2) is 29.2 Å². The van der Waals surface area contributed by atoms with Crippen molar-refractivity contribution in [2.75, 3.05) is 5.75 Å². The maximum atomic E-state index is 10.8. The molecule has 1 aromatic rings. The zero-order valence-electron chi connectivity index (χ0n) is 7.56. The van der Waals surface area contributed by atoms with Crippen molar-refractivity contribution in [1.29, 1.82) is 0 Å². The monoisotopic (exact) mass is 212 g/mol. The molecule has 0 radical (unpaired) electrons. The normalized spacial score (nSPS) is 9.79. The molecule has 0 unspecified atom stereocenters. The van der Waals surface area contributed by atoms with Crippen LogP contribution in [0.1, 0.15) is 6.42 Å². The fourth-order valence-corrected chi connectivity index (χ4v) is 1.81. The van der Waals surface area contributed by atoms with Gasteiger partial charge in [-0.05, 0) is 18.2 Å². The molecule has 0 heterocycles. The average molecular weight is 212 g/mol. The van der Waals surface area contributed by atoms with Gasteiger partial charge in [0.1, 0.15) is 5.75 Å². The third-order valence-corrected chi connectivity index (χ3v) is 2.57. The fourth-order valence-electron chi connectivity index (χ4n) is 0.907. The van der Waals surface area contributed by atoms with Gasteiger partial charge in [-0.2, -0.15) is 0 Å². The van der Waals surface area contributed by atoms with Gasteiger partial charge in [0, 0.05) is 17.1 Å². The molecule has 0 aromatic heterocycles. The van der Waals surface area contributed by atoms with Crippen molar-refractivity contribution >= 4 is 17.7 Å². The van der Waals surface area contributed by atoms with Gasteiger partial charge in [-0.3, -0.25) is 10.2 Å². The van der Waals surface area contributed by atoms with Crippen molar-refractivity contribution in [3.8, 4) is 5.75 Å². The van der Waals surface area contributed by atoms with E-state index in [1.165, 1.54) is 11.8 Å². The number of nitrogens with one attached hydrogen (secondary N) is 1. The van der Waals surface area contributed by atoms with Crippen LogP contribution in [0.4, 0.5) is 0 Å². The number of phenolic OH excluding ortho intramolecular Hbond substituents is 1. The number of hydrazine groups is 1. The molecule has 0 fully saturated rings. The number of hydrogen-bond donors (Lipinski definition) is 3. The molecular formula is C9H12N2O2S. The Kier molecular flexibility index (Phi) is 4.28. The molecule has 0 aliphatic rings. The van der Waals surface area contributed by atoms with Crippen molar-refractivity contribution in [1.82, 2.24) is 5.43 Å². The number of hydrogen-bond acceptors (Lipinski definition) is 4. The first kappa shape index (κ1) is 10.9. The highest BCUT2D eigenvalue weighted by molar-refractivity contribution is 7.99. The summed E-state index contributed by atoms with van der Waals surface area (Å²) in [5.41, 5.74) is 2.06. The quantitative estimate of drug-likeness (QED) is 0.299. The lowest BCUT2D eigenvalue weighted by Gasteiger charge is -2.01. The first-order chi connectivity index (χ1) is 6.72. The SMILES string of the molecule is NNC(=O)CCSc1cccc(O)c1. The molecule has 1 aromatic carbocycles. The summed E-state index contributed by atoms with van der Waals surface area (Å²) >= 11 is 1.50. The number of benzene rings is 1. The lowest BCUT2D eigenvalue weighted by molar-refractivity contribution is -0.120. The van der Waals surface area contributed by atoms with Crippen LogP contribution in [-0.4, -0.2) is 16.8 Å². The Labute approximate surface area is 86.5 Å². The molecule has 14 heavy (non-hydrogen) atoms. The van der Waals surface area contributed by atoms with Crippen LogP contribution in [0, 0.1) is 0 Å². The van der Waals surface area contributed by atoms with Crippen molar-refractivity contribution in [2.45, 2.75) is 11.3 Å². The number of thioether (sulfide) groups is 1. The third-order valence-electron chi connectivity index (χ3n) is 1.58. The van der Waals surface area contributed by atoms with Crippen LogP contribution in [0.25, 0.3) is 0 Å². The number of carbonyl (C=O) groups excluding carboxylic acids is 1. The van der Waals surface area contributed by atoms with Gasteiger partial charge in [0.05, 0.1) is 0 Å². The van der Waals surface area contributed by atoms with Crippen molar-refractivity contribution in [2.24, 2.45) is 5.84 Å². The molecule has 5 heteroatoms. The number of phenols is 1. The summed E-state index contributed by atoms with van der Waals surface area (Å²) in [6.45, 7) is 0. The highest BCUT2D eigenvalue weighted by atomic mass is 32.2. The van der Waals surface area contributed by atoms with Gasteiger partial charge in [0.25, 0.3) is 0 Å². The van der Waals surface area contributed by atoms with E-state index in [2.05, 4.69) is 5.43 Å². The predicted octanol–water partition coefficient (Wildman–Crippen LogP) is 0.864. The molecule has 76 valence electrons. The number of rotatable bonds is 4. The van der Waals surface area contributed by atoms with Crippen LogP contribution in [0.3, 0.4) is 0 Å². The highest BCUT2D eigenvalue weighted by Crippen LogP contribution is 2.22. The Morgan fingerprint density at radius 2 is 2.36 bits per heavy atom. The summed E-state index contributed by atoms with van der Waals surface area (Å²) in [7, 11) is 0. The maximum absolute atomic E-state index is 10.8. The number of carbonyl (C=O) groups is 1. The first-order valence-corrected chi connectivity index (χ1v) is 5.12. The zero-order valence-corrected chi connectivity index (χ0v) is 8.38. The molecule has 0 aliphatic heterocycles. The molecule has 1 amide bonds. The van der Waals surface area contributed by atoms with E-state index < -0.39 is 0 Å². The summed E-state index contributed by atoms with van der Waals surface area (Å²) in [5.74, 6) is 5.62. The summed E-state index contributed by atoms with van der Waals surface area (Å²) in [6, 6.07) is 6.91. The van der Waals surface area contributed by atoms with E-state index in [1.807, 2.05) is 6.07 Å². The molecule has 1 rings (SSSR count). The van der Waals surface area contributed by atoms with E-state index in [0.29, 0.717) is 12.2 Å². The van der Waals surface area contributed by atoms with Gasteiger partial charge in [0.15, 0.2) is 0 Å². The highest BCUT2D eigenvalue weighted by Gasteiger charge is 1.99. The Balaban J connectivity index is 2.35. The lowest BCUT2D eigenvalue weighted by Crippen LogP contribution is -2.30. The minimum absolute atomic E-state index is 0.183. The first-order valence-electron chi connectivity index (χ1n) is 4.13. The number of aromatic hydroxyl groups is 1. The van der Waals surface area contributed by atoms with Crippen molar-refractivity contribution in [3.05, 3.63) is 24.3 Å². The maximum Gasteiger partial charge on any atom is 0.234 e. The standard InChI is InChI=1S/C9H12N2O2S/c10-11-9(13)4-5-14-8-3-1-2-7(12)6-8/h1-3,6,12H,4-5,10H2,(H,11,13). The number of nitrogens with two attached hydrogens (primary N) is 1. The van der Waals surface area contributed by atoms with Crippen LogP contribution < -0.4 is 11.3 Å². The van der Waals surface area contributed by atoms with Gasteiger partial charge < -0.3 is 5.11 Å². The Bertz CT molecular complexity index is 317. The molecule has 0 spiro atoms. The van der Waals surface area contributed by atoms with E-state index in [-0.39, 0.29) is 11.7 Å². The van der Waals surface area contributed by atoms with Crippen LogP contribution >= 0.6 is 11.8 Å². The van der Waals surface area contributed by atoms with E-state index in [1.54, 1.807) is 18.2 Å². The summed E-state index contributed by atoms with van der Waals surface area (Å²) in [6.07, 6.45) is 0.372. The second-order valence-electron chi connectivity index (χ2n) is 2.66. The van der Waals surface area contributed by atoms with Crippen LogP contribution in [-0.2, 0) is 4.79 Å². The molecule has 0 atom stereocenters. The van der Waals surface area contributed by atoms with E-state index >= 15 is 0 Å².